The van der Waals surface area contributed by atoms with Crippen molar-refractivity contribution < 1.29 is 9.53 Å². The van der Waals surface area contributed by atoms with Crippen LogP contribution in [0.5, 0.6) is 0 Å². The molecule has 0 rings (SSSR count). The minimum absolute atomic E-state index is 0.0137. The molecule has 0 fully saturated rings. The molecular formula is C5H10INO2. The molecule has 0 radical (unpaired) electrons. The molecule has 9 heavy (non-hydrogen) atoms. The maximum absolute atomic E-state index is 10.4. The second-order valence-corrected chi connectivity index (χ2v) is 2.26. The number of nitrogens with one attached hydrogen (secondary N) is 1. The van der Waals surface area contributed by atoms with Crippen LogP contribution in [-0.4, -0.2) is 12.2 Å². The Morgan fingerprint density at radius 2 is 2.44 bits per heavy atom. The van der Waals surface area contributed by atoms with Crippen molar-refractivity contribution >= 4 is 29.0 Å². The van der Waals surface area contributed by atoms with Crippen molar-refractivity contribution in [1.29, 1.82) is 0 Å². The van der Waals surface area contributed by atoms with Crippen molar-refractivity contribution in [1.82, 2.24) is 3.53 Å². The Labute approximate surface area is 68.6 Å². The summed E-state index contributed by atoms with van der Waals surface area (Å²) < 4.78 is 7.13. The Morgan fingerprint density at radius 3 is 2.78 bits per heavy atom. The fourth-order valence-corrected chi connectivity index (χ4v) is 0.415. The third-order valence-electron chi connectivity index (χ3n) is 0.960. The van der Waals surface area contributed by atoms with Crippen molar-refractivity contribution in [2.24, 2.45) is 0 Å². The first-order valence-electron chi connectivity index (χ1n) is 2.78. The van der Waals surface area contributed by atoms with E-state index in [9.17, 15) is 4.79 Å². The molecule has 0 aliphatic rings. The lowest BCUT2D eigenvalue weighted by molar-refractivity contribution is 0.112. The topological polar surface area (TPSA) is 38.3 Å². The standard InChI is InChI=1S/C5H10INO2/c1-3-4(2)9-5(8)7-6/h4H,3H2,1-2H3,(H,7,8). The van der Waals surface area contributed by atoms with Gasteiger partial charge in [-0.05, 0) is 13.3 Å². The number of carbonyl (C=O) groups is 1. The lowest BCUT2D eigenvalue weighted by Crippen LogP contribution is -2.19. The maximum atomic E-state index is 10.4. The van der Waals surface area contributed by atoms with Crippen LogP contribution in [0, 0.1) is 0 Å². The molecule has 54 valence electrons. The molecular weight excluding hydrogens is 233 g/mol. The molecule has 1 N–H and O–H groups in total. The van der Waals surface area contributed by atoms with Gasteiger partial charge in [0, 0.05) is 0 Å². The summed E-state index contributed by atoms with van der Waals surface area (Å²) in [4.78, 5) is 10.4. The number of rotatable bonds is 2. The van der Waals surface area contributed by atoms with Gasteiger partial charge in [-0.2, -0.15) is 0 Å². The second kappa shape index (κ2) is 4.84. The van der Waals surface area contributed by atoms with Crippen LogP contribution in [0.3, 0.4) is 0 Å². The van der Waals surface area contributed by atoms with Crippen molar-refractivity contribution in [3.8, 4) is 0 Å². The van der Waals surface area contributed by atoms with E-state index in [0.717, 1.165) is 6.42 Å². The van der Waals surface area contributed by atoms with Crippen molar-refractivity contribution in [3.63, 3.8) is 0 Å². The molecule has 1 amide bonds. The van der Waals surface area contributed by atoms with E-state index < -0.39 is 0 Å². The molecule has 4 heteroatoms. The van der Waals surface area contributed by atoms with Crippen LogP contribution in [0.1, 0.15) is 20.3 Å². The highest BCUT2D eigenvalue weighted by atomic mass is 127. The zero-order valence-corrected chi connectivity index (χ0v) is 7.64. The molecule has 0 aromatic carbocycles. The molecule has 0 saturated heterocycles. The van der Waals surface area contributed by atoms with E-state index in [0.29, 0.717) is 0 Å². The Morgan fingerprint density at radius 1 is 1.89 bits per heavy atom. The van der Waals surface area contributed by atoms with E-state index in [-0.39, 0.29) is 12.2 Å². The van der Waals surface area contributed by atoms with E-state index in [1.807, 2.05) is 13.8 Å². The van der Waals surface area contributed by atoms with Gasteiger partial charge in [-0.1, -0.05) is 6.92 Å². The van der Waals surface area contributed by atoms with Gasteiger partial charge < -0.3 is 4.74 Å². The van der Waals surface area contributed by atoms with Gasteiger partial charge in [-0.3, -0.25) is 3.53 Å². The van der Waals surface area contributed by atoms with Crippen LogP contribution in [0.4, 0.5) is 4.79 Å². The average molecular weight is 243 g/mol. The molecule has 0 bridgehead atoms. The molecule has 0 aliphatic carbocycles. The fourth-order valence-electron chi connectivity index (χ4n) is 0.288. The van der Waals surface area contributed by atoms with E-state index in [1.54, 1.807) is 22.9 Å². The SMILES string of the molecule is CCC(C)OC(=O)NI. The molecule has 0 aromatic heterocycles. The summed E-state index contributed by atoms with van der Waals surface area (Å²) >= 11 is 1.74. The summed E-state index contributed by atoms with van der Waals surface area (Å²) in [5, 5.41) is 0. The van der Waals surface area contributed by atoms with Crippen LogP contribution >= 0.6 is 22.9 Å². The van der Waals surface area contributed by atoms with Crippen LogP contribution in [0.2, 0.25) is 0 Å². The van der Waals surface area contributed by atoms with Gasteiger partial charge in [-0.15, -0.1) is 0 Å². The van der Waals surface area contributed by atoms with Crippen LogP contribution in [-0.2, 0) is 4.74 Å². The molecule has 0 heterocycles. The molecule has 3 nitrogen and oxygen atoms in total. The number of hydrogen-bond acceptors (Lipinski definition) is 2. The number of amides is 1. The van der Waals surface area contributed by atoms with Gasteiger partial charge in [-0.25, -0.2) is 4.79 Å². The second-order valence-electron chi connectivity index (χ2n) is 1.72. The van der Waals surface area contributed by atoms with Crippen LogP contribution in [0.25, 0.3) is 0 Å². The summed E-state index contributed by atoms with van der Waals surface area (Å²) in [7, 11) is 0. The first-order chi connectivity index (χ1) is 4.20. The molecule has 0 spiro atoms. The smallest absolute Gasteiger partial charge is 0.416 e. The predicted octanol–water partition coefficient (Wildman–Crippen LogP) is 1.86. The van der Waals surface area contributed by atoms with Crippen molar-refractivity contribution in [2.75, 3.05) is 0 Å². The van der Waals surface area contributed by atoms with Gasteiger partial charge in [0.05, 0.1) is 22.9 Å². The minimum atomic E-state index is -0.370. The average Bonchev–Trinajstić information content (AvgIpc) is 1.87. The van der Waals surface area contributed by atoms with Crippen molar-refractivity contribution in [3.05, 3.63) is 0 Å². The van der Waals surface area contributed by atoms with Gasteiger partial charge in [0.1, 0.15) is 6.10 Å². The molecule has 1 atom stereocenters. The highest BCUT2D eigenvalue weighted by molar-refractivity contribution is 14.1. The van der Waals surface area contributed by atoms with Gasteiger partial charge in [0.2, 0.25) is 0 Å². The van der Waals surface area contributed by atoms with Gasteiger partial charge in [0.25, 0.3) is 0 Å². The lowest BCUT2D eigenvalue weighted by atomic mass is 10.3. The number of halogens is 1. The Hall–Kier alpha value is 0. The Bertz CT molecular complexity index is 97.0. The minimum Gasteiger partial charge on any atom is -0.446 e. The van der Waals surface area contributed by atoms with E-state index in [2.05, 4.69) is 3.53 Å². The lowest BCUT2D eigenvalue weighted by Gasteiger charge is -2.08. The van der Waals surface area contributed by atoms with Crippen molar-refractivity contribution in [2.45, 2.75) is 26.4 Å². The van der Waals surface area contributed by atoms with Crippen LogP contribution < -0.4 is 3.53 Å². The highest BCUT2D eigenvalue weighted by Gasteiger charge is 2.03. The zero-order chi connectivity index (χ0) is 7.28. The van der Waals surface area contributed by atoms with E-state index in [4.69, 9.17) is 4.74 Å². The molecule has 1 unspecified atom stereocenters. The maximum Gasteiger partial charge on any atom is 0.416 e. The first kappa shape index (κ1) is 9.00. The number of ether oxygens (including phenoxy) is 1. The number of carbonyl (C=O) groups excluding carboxylic acids is 1. The summed E-state index contributed by atoms with van der Waals surface area (Å²) in [6.45, 7) is 3.82. The molecule has 0 saturated carbocycles. The summed E-state index contributed by atoms with van der Waals surface area (Å²) in [6, 6.07) is 0. The molecule has 0 aromatic rings. The quantitative estimate of drug-likeness (QED) is 0.593. The highest BCUT2D eigenvalue weighted by Crippen LogP contribution is 1.95. The summed E-state index contributed by atoms with van der Waals surface area (Å²) in [5.74, 6) is 0. The fraction of sp³-hybridized carbons (Fsp3) is 0.800. The van der Waals surface area contributed by atoms with E-state index >= 15 is 0 Å². The Balaban J connectivity index is 3.34. The summed E-state index contributed by atoms with van der Waals surface area (Å²) in [5.41, 5.74) is 0. The zero-order valence-electron chi connectivity index (χ0n) is 5.48. The van der Waals surface area contributed by atoms with E-state index in [1.165, 1.54) is 0 Å². The monoisotopic (exact) mass is 243 g/mol. The largest absolute Gasteiger partial charge is 0.446 e. The molecule has 0 aliphatic heterocycles. The number of hydrogen-bond donors (Lipinski definition) is 1. The third-order valence-corrected chi connectivity index (χ3v) is 1.40. The summed E-state index contributed by atoms with van der Waals surface area (Å²) in [6.07, 6.45) is 0.495. The predicted molar refractivity (Wildman–Crippen MR) is 43.4 cm³/mol. The first-order valence-corrected chi connectivity index (χ1v) is 3.85. The van der Waals surface area contributed by atoms with Crippen LogP contribution in [0.15, 0.2) is 0 Å². The normalized spacial score (nSPS) is 12.3. The third kappa shape index (κ3) is 4.50. The Kier molecular flexibility index (Phi) is 4.84. The van der Waals surface area contributed by atoms with Gasteiger partial charge in [0.15, 0.2) is 0 Å². The van der Waals surface area contributed by atoms with Gasteiger partial charge >= 0.3 is 6.09 Å².